The first-order valence-electron chi connectivity index (χ1n) is 10.3. The van der Waals surface area contributed by atoms with Crippen molar-refractivity contribution in [3.8, 4) is 0 Å². The van der Waals surface area contributed by atoms with Crippen molar-refractivity contribution in [2.45, 2.75) is 51.2 Å². The summed E-state index contributed by atoms with van der Waals surface area (Å²) in [6.45, 7) is 3.86. The van der Waals surface area contributed by atoms with Crippen molar-refractivity contribution in [3.63, 3.8) is 0 Å². The number of anilines is 2. The van der Waals surface area contributed by atoms with Crippen LogP contribution in [-0.4, -0.2) is 27.1 Å². The fourth-order valence-corrected chi connectivity index (χ4v) is 5.98. The van der Waals surface area contributed by atoms with Crippen molar-refractivity contribution >= 4 is 56.5 Å². The van der Waals surface area contributed by atoms with Crippen LogP contribution in [0.2, 0.25) is 0 Å². The highest BCUT2D eigenvalue weighted by atomic mass is 32.2. The smallest absolute Gasteiger partial charge is 0.263 e. The molecule has 2 heterocycles. The highest BCUT2D eigenvalue weighted by molar-refractivity contribution is 7.99. The van der Waals surface area contributed by atoms with Crippen molar-refractivity contribution in [3.05, 3.63) is 45.1 Å². The van der Waals surface area contributed by atoms with Crippen LogP contribution in [0, 0.1) is 0 Å². The molecule has 3 aromatic rings. The number of amides is 2. The number of thiophene rings is 1. The number of fused-ring (bicyclic) bond motifs is 3. The molecule has 0 bridgehead atoms. The number of rotatable bonds is 6. The molecular weight excluding hydrogens is 432 g/mol. The van der Waals surface area contributed by atoms with Gasteiger partial charge in [-0.2, -0.15) is 0 Å². The van der Waals surface area contributed by atoms with Gasteiger partial charge in [-0.25, -0.2) is 4.98 Å². The maximum Gasteiger partial charge on any atom is 0.263 e. The second-order valence-electron chi connectivity index (χ2n) is 7.43. The summed E-state index contributed by atoms with van der Waals surface area (Å²) in [6.07, 6.45) is 4.24. The first kappa shape index (κ1) is 21.6. The van der Waals surface area contributed by atoms with Gasteiger partial charge < -0.3 is 10.6 Å². The Labute approximate surface area is 188 Å². The molecule has 1 aliphatic carbocycles. The third kappa shape index (κ3) is 4.67. The number of nitrogens with zero attached hydrogens (tertiary/aromatic N) is 2. The Morgan fingerprint density at radius 2 is 1.94 bits per heavy atom. The fourth-order valence-electron chi connectivity index (χ4n) is 3.81. The molecule has 0 spiro atoms. The van der Waals surface area contributed by atoms with Crippen LogP contribution in [0.4, 0.5) is 11.4 Å². The lowest BCUT2D eigenvalue weighted by Crippen LogP contribution is -2.24. The van der Waals surface area contributed by atoms with Crippen molar-refractivity contribution in [1.29, 1.82) is 0 Å². The van der Waals surface area contributed by atoms with E-state index in [1.54, 1.807) is 40.2 Å². The number of aryl methyl sites for hydroxylation is 2. The van der Waals surface area contributed by atoms with Crippen LogP contribution in [0.25, 0.3) is 10.2 Å². The largest absolute Gasteiger partial charge is 0.326 e. The van der Waals surface area contributed by atoms with Crippen LogP contribution in [-0.2, 0) is 29.0 Å². The predicted molar refractivity (Wildman–Crippen MR) is 126 cm³/mol. The van der Waals surface area contributed by atoms with Crippen molar-refractivity contribution in [2.24, 2.45) is 0 Å². The molecule has 9 heteroatoms. The summed E-state index contributed by atoms with van der Waals surface area (Å²) in [5, 5.41) is 6.86. The summed E-state index contributed by atoms with van der Waals surface area (Å²) in [5.41, 5.74) is 2.39. The van der Waals surface area contributed by atoms with Crippen LogP contribution in [0.1, 0.15) is 37.1 Å². The molecule has 2 amide bonds. The SMILES string of the molecule is CCn1c(SCC(=O)Nc2cccc(NC(C)=O)c2)nc2sc3c(c2c1=O)CCCC3. The molecule has 2 N–H and O–H groups in total. The molecule has 4 rings (SSSR count). The van der Waals surface area contributed by atoms with E-state index in [1.165, 1.54) is 29.1 Å². The predicted octanol–water partition coefficient (Wildman–Crippen LogP) is 4.05. The van der Waals surface area contributed by atoms with E-state index in [0.29, 0.717) is 23.1 Å². The minimum absolute atomic E-state index is 0.00202. The van der Waals surface area contributed by atoms with E-state index in [1.807, 2.05) is 6.92 Å². The number of carbonyl (C=O) groups excluding carboxylic acids is 2. The maximum absolute atomic E-state index is 13.2. The van der Waals surface area contributed by atoms with E-state index in [2.05, 4.69) is 10.6 Å². The Morgan fingerprint density at radius 3 is 2.68 bits per heavy atom. The molecule has 31 heavy (non-hydrogen) atoms. The Bertz CT molecular complexity index is 1220. The zero-order valence-corrected chi connectivity index (χ0v) is 19.1. The van der Waals surface area contributed by atoms with E-state index < -0.39 is 0 Å². The second kappa shape index (κ2) is 9.23. The van der Waals surface area contributed by atoms with E-state index in [-0.39, 0.29) is 23.1 Å². The fraction of sp³-hybridized carbons (Fsp3) is 0.364. The van der Waals surface area contributed by atoms with Crippen LogP contribution < -0.4 is 16.2 Å². The van der Waals surface area contributed by atoms with Crippen LogP contribution in [0.15, 0.2) is 34.2 Å². The third-order valence-corrected chi connectivity index (χ3v) is 7.32. The van der Waals surface area contributed by atoms with E-state index >= 15 is 0 Å². The highest BCUT2D eigenvalue weighted by Gasteiger charge is 2.22. The molecule has 0 aliphatic heterocycles. The lowest BCUT2D eigenvalue weighted by atomic mass is 9.97. The summed E-state index contributed by atoms with van der Waals surface area (Å²) < 4.78 is 1.67. The average Bonchev–Trinajstić information content (AvgIpc) is 3.10. The first-order chi connectivity index (χ1) is 15.0. The van der Waals surface area contributed by atoms with E-state index in [4.69, 9.17) is 4.98 Å². The monoisotopic (exact) mass is 456 g/mol. The summed E-state index contributed by atoms with van der Waals surface area (Å²) in [5.74, 6) is -0.242. The molecular formula is C22H24N4O3S2. The normalized spacial score (nSPS) is 13.1. The number of hydrogen-bond donors (Lipinski definition) is 2. The number of thioether (sulfide) groups is 1. The Kier molecular flexibility index (Phi) is 6.43. The minimum Gasteiger partial charge on any atom is -0.326 e. The molecule has 0 fully saturated rings. The number of hydrogen-bond acceptors (Lipinski definition) is 6. The van der Waals surface area contributed by atoms with Crippen LogP contribution in [0.5, 0.6) is 0 Å². The molecule has 162 valence electrons. The highest BCUT2D eigenvalue weighted by Crippen LogP contribution is 2.34. The maximum atomic E-state index is 13.2. The van der Waals surface area contributed by atoms with Gasteiger partial charge in [-0.15, -0.1) is 11.3 Å². The van der Waals surface area contributed by atoms with Gasteiger partial charge in [0.1, 0.15) is 4.83 Å². The quantitative estimate of drug-likeness (QED) is 0.431. The van der Waals surface area contributed by atoms with Gasteiger partial charge in [-0.1, -0.05) is 17.8 Å². The third-order valence-electron chi connectivity index (χ3n) is 5.16. The minimum atomic E-state index is -0.201. The zero-order valence-electron chi connectivity index (χ0n) is 17.5. The number of carbonyl (C=O) groups is 2. The molecule has 0 radical (unpaired) electrons. The molecule has 0 saturated carbocycles. The molecule has 0 atom stereocenters. The first-order valence-corrected chi connectivity index (χ1v) is 12.1. The molecule has 0 saturated heterocycles. The summed E-state index contributed by atoms with van der Waals surface area (Å²) in [4.78, 5) is 43.7. The van der Waals surface area contributed by atoms with Crippen molar-refractivity contribution in [1.82, 2.24) is 9.55 Å². The molecule has 2 aromatic heterocycles. The van der Waals surface area contributed by atoms with Gasteiger partial charge in [0, 0.05) is 29.7 Å². The van der Waals surface area contributed by atoms with Gasteiger partial charge in [-0.3, -0.25) is 19.0 Å². The van der Waals surface area contributed by atoms with Crippen molar-refractivity contribution < 1.29 is 9.59 Å². The van der Waals surface area contributed by atoms with Crippen LogP contribution in [0.3, 0.4) is 0 Å². The lowest BCUT2D eigenvalue weighted by molar-refractivity contribution is -0.114. The Morgan fingerprint density at radius 1 is 1.19 bits per heavy atom. The molecule has 0 unspecified atom stereocenters. The van der Waals surface area contributed by atoms with Gasteiger partial charge in [0.05, 0.1) is 11.1 Å². The number of benzene rings is 1. The lowest BCUT2D eigenvalue weighted by Gasteiger charge is -2.12. The molecule has 1 aliphatic rings. The Balaban J connectivity index is 1.51. The molecule has 7 nitrogen and oxygen atoms in total. The van der Waals surface area contributed by atoms with Gasteiger partial charge >= 0.3 is 0 Å². The van der Waals surface area contributed by atoms with Gasteiger partial charge in [0.15, 0.2) is 5.16 Å². The zero-order chi connectivity index (χ0) is 22.0. The van der Waals surface area contributed by atoms with Crippen molar-refractivity contribution in [2.75, 3.05) is 16.4 Å². The average molecular weight is 457 g/mol. The number of nitrogens with one attached hydrogen (secondary N) is 2. The topological polar surface area (TPSA) is 93.1 Å². The van der Waals surface area contributed by atoms with E-state index in [9.17, 15) is 14.4 Å². The van der Waals surface area contributed by atoms with Crippen LogP contribution >= 0.6 is 23.1 Å². The van der Waals surface area contributed by atoms with Gasteiger partial charge in [0.2, 0.25) is 11.8 Å². The summed E-state index contributed by atoms with van der Waals surface area (Å²) in [7, 11) is 0. The summed E-state index contributed by atoms with van der Waals surface area (Å²) in [6, 6.07) is 6.98. The van der Waals surface area contributed by atoms with Gasteiger partial charge in [0.25, 0.3) is 5.56 Å². The second-order valence-corrected chi connectivity index (χ2v) is 9.46. The number of aromatic nitrogens is 2. The van der Waals surface area contributed by atoms with Gasteiger partial charge in [-0.05, 0) is 56.4 Å². The van der Waals surface area contributed by atoms with E-state index in [0.717, 1.165) is 35.9 Å². The standard InChI is InChI=1S/C22H24N4O3S2/c1-3-26-21(29)19-16-9-4-5-10-17(16)31-20(19)25-22(26)30-12-18(28)24-15-8-6-7-14(11-15)23-13(2)27/h6-8,11H,3-5,9-10,12H2,1-2H3,(H,23,27)(H,24,28). The summed E-state index contributed by atoms with van der Waals surface area (Å²) >= 11 is 2.88. The Hall–Kier alpha value is -2.65. The molecule has 1 aromatic carbocycles.